The zero-order valence-electron chi connectivity index (χ0n) is 13.5. The second-order valence-corrected chi connectivity index (χ2v) is 5.28. The molecule has 0 aliphatic rings. The van der Waals surface area contributed by atoms with Crippen molar-refractivity contribution in [3.63, 3.8) is 0 Å². The Hall–Kier alpha value is -2.04. The summed E-state index contributed by atoms with van der Waals surface area (Å²) in [5, 5.41) is 2.86. The van der Waals surface area contributed by atoms with Crippen LogP contribution in [0.4, 0.5) is 4.79 Å². The van der Waals surface area contributed by atoms with Gasteiger partial charge in [-0.05, 0) is 31.2 Å². The summed E-state index contributed by atoms with van der Waals surface area (Å²) in [5.74, 6) is -0.204. The average molecular weight is 306 g/mol. The van der Waals surface area contributed by atoms with Gasteiger partial charge in [0.05, 0.1) is 7.11 Å². The van der Waals surface area contributed by atoms with Crippen molar-refractivity contribution >= 4 is 12.0 Å². The van der Waals surface area contributed by atoms with E-state index < -0.39 is 0 Å². The van der Waals surface area contributed by atoms with E-state index in [1.807, 2.05) is 18.2 Å². The fraction of sp³-hybridized carbons (Fsp3) is 0.529. The molecule has 5 nitrogen and oxygen atoms in total. The minimum atomic E-state index is -0.204. The van der Waals surface area contributed by atoms with Crippen molar-refractivity contribution in [3.8, 4) is 0 Å². The molecule has 22 heavy (non-hydrogen) atoms. The minimum Gasteiger partial charge on any atom is -0.469 e. The van der Waals surface area contributed by atoms with Gasteiger partial charge in [-0.3, -0.25) is 4.79 Å². The van der Waals surface area contributed by atoms with Crippen molar-refractivity contribution < 1.29 is 14.3 Å². The van der Waals surface area contributed by atoms with E-state index in [4.69, 9.17) is 0 Å². The topological polar surface area (TPSA) is 58.6 Å². The van der Waals surface area contributed by atoms with Crippen LogP contribution < -0.4 is 5.32 Å². The maximum Gasteiger partial charge on any atom is 0.317 e. The van der Waals surface area contributed by atoms with Crippen LogP contribution in [0.25, 0.3) is 0 Å². The molecule has 1 aromatic rings. The number of benzene rings is 1. The molecule has 0 fully saturated rings. The average Bonchev–Trinajstić information content (AvgIpc) is 2.54. The van der Waals surface area contributed by atoms with Gasteiger partial charge in [-0.1, -0.05) is 30.3 Å². The van der Waals surface area contributed by atoms with Crippen LogP contribution in [0.1, 0.15) is 31.2 Å². The number of unbranched alkanes of at least 4 members (excludes halogenated alkanes) is 1. The van der Waals surface area contributed by atoms with Gasteiger partial charge < -0.3 is 15.0 Å². The number of hydrogen-bond donors (Lipinski definition) is 1. The first kappa shape index (κ1) is 18.0. The molecule has 2 amide bonds. The summed E-state index contributed by atoms with van der Waals surface area (Å²) < 4.78 is 4.56. The van der Waals surface area contributed by atoms with E-state index in [1.165, 1.54) is 12.7 Å². The lowest BCUT2D eigenvalue weighted by Crippen LogP contribution is -2.38. The fourth-order valence-corrected chi connectivity index (χ4v) is 2.09. The van der Waals surface area contributed by atoms with Gasteiger partial charge in [0, 0.05) is 26.6 Å². The van der Waals surface area contributed by atoms with E-state index in [0.29, 0.717) is 13.0 Å². The molecule has 0 spiro atoms. The first-order valence-corrected chi connectivity index (χ1v) is 7.73. The lowest BCUT2D eigenvalue weighted by atomic mass is 10.1. The van der Waals surface area contributed by atoms with Crippen LogP contribution in [0.5, 0.6) is 0 Å². The zero-order chi connectivity index (χ0) is 16.2. The Bertz CT molecular complexity index is 448. The largest absolute Gasteiger partial charge is 0.469 e. The molecule has 5 heteroatoms. The lowest BCUT2D eigenvalue weighted by Gasteiger charge is -2.17. The number of nitrogens with zero attached hydrogens (tertiary/aromatic N) is 1. The predicted molar refractivity (Wildman–Crippen MR) is 86.7 cm³/mol. The smallest absolute Gasteiger partial charge is 0.317 e. The number of urea groups is 1. The molecule has 0 unspecified atom stereocenters. The summed E-state index contributed by atoms with van der Waals surface area (Å²) in [6.07, 6.45) is 3.82. The fourth-order valence-electron chi connectivity index (χ4n) is 2.09. The number of hydrogen-bond acceptors (Lipinski definition) is 3. The number of ether oxygens (including phenoxy) is 1. The van der Waals surface area contributed by atoms with E-state index >= 15 is 0 Å². The second kappa shape index (κ2) is 10.7. The Labute approximate surface area is 132 Å². The Morgan fingerprint density at radius 2 is 1.86 bits per heavy atom. The molecule has 1 aromatic carbocycles. The Kier molecular flexibility index (Phi) is 8.72. The Morgan fingerprint density at radius 1 is 1.14 bits per heavy atom. The molecule has 0 atom stereocenters. The van der Waals surface area contributed by atoms with E-state index in [0.717, 1.165) is 32.2 Å². The van der Waals surface area contributed by atoms with Gasteiger partial charge in [-0.2, -0.15) is 0 Å². The zero-order valence-corrected chi connectivity index (χ0v) is 13.5. The summed E-state index contributed by atoms with van der Waals surface area (Å²) in [4.78, 5) is 24.5. The van der Waals surface area contributed by atoms with Gasteiger partial charge >= 0.3 is 12.0 Å². The van der Waals surface area contributed by atoms with Gasteiger partial charge in [0.2, 0.25) is 0 Å². The molecule has 0 heterocycles. The molecule has 0 saturated carbocycles. The number of carbonyl (C=O) groups is 2. The molecule has 122 valence electrons. The maximum absolute atomic E-state index is 11.9. The number of methoxy groups -OCH3 is 1. The molecular weight excluding hydrogens is 280 g/mol. The third kappa shape index (κ3) is 7.67. The van der Waals surface area contributed by atoms with E-state index in [9.17, 15) is 9.59 Å². The molecule has 0 aliphatic heterocycles. The molecule has 0 aromatic heterocycles. The van der Waals surface area contributed by atoms with Crippen LogP contribution in [0.2, 0.25) is 0 Å². The first-order chi connectivity index (χ1) is 10.6. The highest BCUT2D eigenvalue weighted by Gasteiger charge is 2.07. The van der Waals surface area contributed by atoms with E-state index in [-0.39, 0.29) is 12.0 Å². The molecule has 0 aliphatic carbocycles. The summed E-state index contributed by atoms with van der Waals surface area (Å²) in [7, 11) is 3.18. The number of rotatable bonds is 9. The predicted octanol–water partition coefficient (Wildman–Crippen LogP) is 2.60. The molecule has 0 bridgehead atoms. The molecule has 1 N–H and O–H groups in total. The number of carbonyl (C=O) groups excluding carboxylic acids is 2. The van der Waals surface area contributed by atoms with Crippen molar-refractivity contribution in [2.75, 3.05) is 27.2 Å². The molecular formula is C17H26N2O3. The highest BCUT2D eigenvalue weighted by Crippen LogP contribution is 2.03. The number of esters is 1. The number of nitrogens with one attached hydrogen (secondary N) is 1. The van der Waals surface area contributed by atoms with Crippen LogP contribution in [-0.4, -0.2) is 44.1 Å². The van der Waals surface area contributed by atoms with Gasteiger partial charge in [-0.25, -0.2) is 4.79 Å². The SMILES string of the molecule is COC(=O)CCCCNC(=O)N(C)CCCc1ccccc1. The van der Waals surface area contributed by atoms with Crippen LogP contribution in [0.3, 0.4) is 0 Å². The molecule has 1 rings (SSSR count). The van der Waals surface area contributed by atoms with Gasteiger partial charge in [-0.15, -0.1) is 0 Å². The van der Waals surface area contributed by atoms with Crippen LogP contribution in [-0.2, 0) is 16.0 Å². The summed E-state index contributed by atoms with van der Waals surface area (Å²) in [6.45, 7) is 1.31. The van der Waals surface area contributed by atoms with E-state index in [1.54, 1.807) is 11.9 Å². The third-order valence-corrected chi connectivity index (χ3v) is 3.46. The molecule has 0 radical (unpaired) electrons. The summed E-state index contributed by atoms with van der Waals surface area (Å²) in [5.41, 5.74) is 1.29. The van der Waals surface area contributed by atoms with Crippen molar-refractivity contribution in [2.24, 2.45) is 0 Å². The highest BCUT2D eigenvalue weighted by atomic mass is 16.5. The van der Waals surface area contributed by atoms with Crippen molar-refractivity contribution in [3.05, 3.63) is 35.9 Å². The van der Waals surface area contributed by atoms with Crippen molar-refractivity contribution in [1.29, 1.82) is 0 Å². The third-order valence-electron chi connectivity index (χ3n) is 3.46. The second-order valence-electron chi connectivity index (χ2n) is 5.28. The van der Waals surface area contributed by atoms with E-state index in [2.05, 4.69) is 22.2 Å². The highest BCUT2D eigenvalue weighted by molar-refractivity contribution is 5.73. The van der Waals surface area contributed by atoms with Gasteiger partial charge in [0.15, 0.2) is 0 Å². The van der Waals surface area contributed by atoms with Crippen LogP contribution in [0.15, 0.2) is 30.3 Å². The quantitative estimate of drug-likeness (QED) is 0.563. The van der Waals surface area contributed by atoms with Gasteiger partial charge in [0.25, 0.3) is 0 Å². The normalized spacial score (nSPS) is 10.1. The van der Waals surface area contributed by atoms with Gasteiger partial charge in [0.1, 0.15) is 0 Å². The molecule has 0 saturated heterocycles. The van der Waals surface area contributed by atoms with Crippen molar-refractivity contribution in [1.82, 2.24) is 10.2 Å². The van der Waals surface area contributed by atoms with Crippen LogP contribution >= 0.6 is 0 Å². The van der Waals surface area contributed by atoms with Crippen molar-refractivity contribution in [2.45, 2.75) is 32.1 Å². The maximum atomic E-state index is 11.9. The number of amides is 2. The number of aryl methyl sites for hydroxylation is 1. The standard InChI is InChI=1S/C17H26N2O3/c1-19(14-8-11-15-9-4-3-5-10-15)17(21)18-13-7-6-12-16(20)22-2/h3-5,9-10H,6-8,11-14H2,1-2H3,(H,18,21). The minimum absolute atomic E-state index is 0.0638. The Balaban J connectivity index is 2.08. The summed E-state index contributed by atoms with van der Waals surface area (Å²) >= 11 is 0. The first-order valence-electron chi connectivity index (χ1n) is 7.73. The lowest BCUT2D eigenvalue weighted by molar-refractivity contribution is -0.140. The Morgan fingerprint density at radius 3 is 2.55 bits per heavy atom. The van der Waals surface area contributed by atoms with Crippen LogP contribution in [0, 0.1) is 0 Å². The monoisotopic (exact) mass is 306 g/mol. The summed E-state index contributed by atoms with van der Waals surface area (Å²) in [6, 6.07) is 10.2.